The van der Waals surface area contributed by atoms with Crippen LogP contribution < -0.4 is 9.47 Å². The van der Waals surface area contributed by atoms with Crippen LogP contribution in [-0.2, 0) is 26.8 Å². The molecule has 0 spiro atoms. The predicted molar refractivity (Wildman–Crippen MR) is 150 cm³/mol. The maximum atomic E-state index is 11.2. The van der Waals surface area contributed by atoms with E-state index in [9.17, 15) is 21.4 Å². The normalized spacial score (nSPS) is 15.2. The van der Waals surface area contributed by atoms with Crippen molar-refractivity contribution in [1.29, 1.82) is 0 Å². The number of unbranched alkanes of at least 4 members (excludes halogenated alkanes) is 1. The third kappa shape index (κ3) is 7.52. The summed E-state index contributed by atoms with van der Waals surface area (Å²) in [5.74, 6) is -0.814. The van der Waals surface area contributed by atoms with Gasteiger partial charge in [0.1, 0.15) is 4.70 Å². The third-order valence-corrected chi connectivity index (χ3v) is 10.3. The van der Waals surface area contributed by atoms with E-state index < -0.39 is 26.0 Å². The monoisotopic (exact) mass is 642 g/mol. The predicted octanol–water partition coefficient (Wildman–Crippen LogP) is 5.66. The molecule has 2 aromatic carbocycles. The SMILES string of the molecule is O=S(=O)([O-])CCCN1/C(=C/c2sc3cc(Cl)c(Cl)cc3[n+]2CCCCS(=O)(=O)O)Sc2ccc(Cl)cc21. The summed E-state index contributed by atoms with van der Waals surface area (Å²) in [4.78, 5) is 2.87. The minimum Gasteiger partial charge on any atom is -0.748 e. The summed E-state index contributed by atoms with van der Waals surface area (Å²) in [6.07, 6.45) is 2.86. The van der Waals surface area contributed by atoms with Gasteiger partial charge in [-0.2, -0.15) is 13.0 Å². The van der Waals surface area contributed by atoms with Gasteiger partial charge in [-0.3, -0.25) is 4.55 Å². The Balaban J connectivity index is 1.72. The van der Waals surface area contributed by atoms with Crippen LogP contribution in [0.5, 0.6) is 0 Å². The first-order chi connectivity index (χ1) is 17.3. The van der Waals surface area contributed by atoms with E-state index in [0.29, 0.717) is 34.6 Å². The van der Waals surface area contributed by atoms with Crippen molar-refractivity contribution in [2.45, 2.75) is 30.7 Å². The smallest absolute Gasteiger partial charge is 0.265 e. The Morgan fingerprint density at radius 3 is 2.43 bits per heavy atom. The van der Waals surface area contributed by atoms with Crippen molar-refractivity contribution in [3.63, 3.8) is 0 Å². The van der Waals surface area contributed by atoms with E-state index in [1.807, 2.05) is 21.6 Å². The highest BCUT2D eigenvalue weighted by Crippen LogP contribution is 2.48. The first kappa shape index (κ1) is 28.9. The highest BCUT2D eigenvalue weighted by molar-refractivity contribution is 8.04. The molecule has 0 saturated heterocycles. The van der Waals surface area contributed by atoms with E-state index in [2.05, 4.69) is 0 Å². The molecule has 3 aromatic rings. The number of benzene rings is 2. The molecular formula is C22H21Cl3N2O6S4. The minimum absolute atomic E-state index is 0.142. The fourth-order valence-corrected chi connectivity index (χ4v) is 7.84. The Kier molecular flexibility index (Phi) is 9.04. The zero-order valence-corrected chi connectivity index (χ0v) is 24.6. The van der Waals surface area contributed by atoms with Crippen molar-refractivity contribution in [1.82, 2.24) is 0 Å². The molecule has 0 aliphatic carbocycles. The van der Waals surface area contributed by atoms with Gasteiger partial charge in [0.2, 0.25) is 5.52 Å². The zero-order chi connectivity index (χ0) is 27.0. The maximum Gasteiger partial charge on any atom is 0.265 e. The zero-order valence-electron chi connectivity index (χ0n) is 19.1. The number of thioether (sulfide) groups is 1. The molecule has 0 fully saturated rings. The molecule has 0 amide bonds. The lowest BCUT2D eigenvalue weighted by Gasteiger charge is -2.20. The second-order valence-electron chi connectivity index (χ2n) is 8.28. The summed E-state index contributed by atoms with van der Waals surface area (Å²) in [5.41, 5.74) is 1.64. The lowest BCUT2D eigenvalue weighted by Crippen LogP contribution is -2.35. The topological polar surface area (TPSA) is 119 Å². The average Bonchev–Trinajstić information content (AvgIpc) is 3.27. The Morgan fingerprint density at radius 2 is 1.73 bits per heavy atom. The molecule has 0 saturated carbocycles. The number of aromatic nitrogens is 1. The van der Waals surface area contributed by atoms with Crippen molar-refractivity contribution in [3.05, 3.63) is 55.4 Å². The lowest BCUT2D eigenvalue weighted by atomic mass is 10.2. The second-order valence-corrected chi connectivity index (χ2v) is 14.8. The van der Waals surface area contributed by atoms with Crippen LogP contribution in [0.3, 0.4) is 0 Å². The molecule has 200 valence electrons. The number of anilines is 1. The maximum absolute atomic E-state index is 11.2. The van der Waals surface area contributed by atoms with Gasteiger partial charge >= 0.3 is 0 Å². The number of thiazole rings is 1. The molecule has 0 atom stereocenters. The van der Waals surface area contributed by atoms with Crippen molar-refractivity contribution < 1.29 is 30.5 Å². The van der Waals surface area contributed by atoms with Crippen molar-refractivity contribution in [2.75, 3.05) is 23.0 Å². The van der Waals surface area contributed by atoms with Gasteiger partial charge in [0, 0.05) is 34.7 Å². The molecule has 8 nitrogen and oxygen atoms in total. The molecule has 1 aliphatic heterocycles. The van der Waals surface area contributed by atoms with Crippen LogP contribution in [-0.4, -0.2) is 44.0 Å². The van der Waals surface area contributed by atoms with Gasteiger partial charge in [-0.1, -0.05) is 57.9 Å². The molecule has 4 rings (SSSR count). The largest absolute Gasteiger partial charge is 0.748 e. The number of aryl methyl sites for hydroxylation is 1. The minimum atomic E-state index is -4.35. The van der Waals surface area contributed by atoms with Crippen LogP contribution in [0.2, 0.25) is 15.1 Å². The Morgan fingerprint density at radius 1 is 1.00 bits per heavy atom. The number of rotatable bonds is 10. The van der Waals surface area contributed by atoms with Crippen LogP contribution in [0.4, 0.5) is 5.69 Å². The van der Waals surface area contributed by atoms with E-state index in [-0.39, 0.29) is 18.6 Å². The fraction of sp³-hybridized carbons (Fsp3) is 0.318. The number of fused-ring (bicyclic) bond motifs is 2. The Labute approximate surface area is 238 Å². The van der Waals surface area contributed by atoms with Crippen LogP contribution in [0.25, 0.3) is 16.3 Å². The van der Waals surface area contributed by atoms with Crippen molar-refractivity contribution in [2.24, 2.45) is 0 Å². The van der Waals surface area contributed by atoms with E-state index in [0.717, 1.165) is 30.8 Å². The van der Waals surface area contributed by atoms with Gasteiger partial charge in [0.25, 0.3) is 15.1 Å². The quantitative estimate of drug-likeness (QED) is 0.171. The molecule has 15 heteroatoms. The van der Waals surface area contributed by atoms with Gasteiger partial charge in [0.05, 0.1) is 42.7 Å². The lowest BCUT2D eigenvalue weighted by molar-refractivity contribution is -0.669. The second kappa shape index (κ2) is 11.6. The van der Waals surface area contributed by atoms with Crippen LogP contribution in [0.1, 0.15) is 24.3 Å². The number of halogens is 3. The van der Waals surface area contributed by atoms with Crippen molar-refractivity contribution >= 4 is 100 Å². The number of nitrogens with zero attached hydrogens (tertiary/aromatic N) is 2. The van der Waals surface area contributed by atoms with E-state index in [1.54, 1.807) is 24.3 Å². The van der Waals surface area contributed by atoms with Gasteiger partial charge in [-0.05, 0) is 37.1 Å². The molecule has 1 N–H and O–H groups in total. The summed E-state index contributed by atoms with van der Waals surface area (Å²) in [6, 6.07) is 8.98. The summed E-state index contributed by atoms with van der Waals surface area (Å²) in [5, 5.41) is 2.97. The van der Waals surface area contributed by atoms with Gasteiger partial charge in [0.15, 0.2) is 6.54 Å². The van der Waals surface area contributed by atoms with Crippen LogP contribution in [0.15, 0.2) is 40.3 Å². The Bertz CT molecular complexity index is 1590. The first-order valence-corrected chi connectivity index (χ1v) is 16.9. The van der Waals surface area contributed by atoms with Crippen molar-refractivity contribution in [3.8, 4) is 0 Å². The highest BCUT2D eigenvalue weighted by Gasteiger charge is 2.28. The summed E-state index contributed by atoms with van der Waals surface area (Å²) in [6.45, 7) is 0.759. The van der Waals surface area contributed by atoms with Gasteiger partial charge in [-0.25, -0.2) is 8.42 Å². The molecule has 0 unspecified atom stereocenters. The first-order valence-electron chi connectivity index (χ1n) is 11.0. The van der Waals surface area contributed by atoms with E-state index >= 15 is 0 Å². The standard InChI is InChI=1S/C22H21Cl3N2O6S4/c23-14-4-5-19-17(10-14)27(7-3-9-37(31,32)33)21(34-19)13-22-26(6-1-2-8-36(28,29)30)18-11-15(24)16(25)12-20(18)35-22/h4-5,10-13H,1-3,6-9H2,(H-,28,29,30,31,32,33). The number of hydrogen-bond donors (Lipinski definition) is 1. The fourth-order valence-electron chi connectivity index (χ4n) is 3.91. The molecule has 0 radical (unpaired) electrons. The number of hydrogen-bond acceptors (Lipinski definition) is 8. The molecular weight excluding hydrogens is 623 g/mol. The molecule has 1 aliphatic rings. The molecule has 0 bridgehead atoms. The van der Waals surface area contributed by atoms with Gasteiger partial charge in [-0.15, -0.1) is 0 Å². The van der Waals surface area contributed by atoms with E-state index in [4.69, 9.17) is 39.4 Å². The molecule has 2 heterocycles. The average molecular weight is 644 g/mol. The Hall–Kier alpha value is -1.09. The van der Waals surface area contributed by atoms with Crippen LogP contribution in [0, 0.1) is 0 Å². The summed E-state index contributed by atoms with van der Waals surface area (Å²) >= 11 is 21.7. The summed E-state index contributed by atoms with van der Waals surface area (Å²) < 4.78 is 67.7. The van der Waals surface area contributed by atoms with Crippen LogP contribution >= 0.6 is 57.9 Å². The molecule has 1 aromatic heterocycles. The summed E-state index contributed by atoms with van der Waals surface area (Å²) in [7, 11) is -8.40. The van der Waals surface area contributed by atoms with Gasteiger partial charge < -0.3 is 9.45 Å². The highest BCUT2D eigenvalue weighted by atomic mass is 35.5. The third-order valence-electron chi connectivity index (χ3n) is 5.52. The molecule has 37 heavy (non-hydrogen) atoms. The van der Waals surface area contributed by atoms with E-state index in [1.165, 1.54) is 23.1 Å².